The molecule has 0 spiro atoms. The van der Waals surface area contributed by atoms with Crippen LogP contribution in [0.4, 0.5) is 0 Å². The number of H-pyrrole nitrogens is 1. The average Bonchev–Trinajstić information content (AvgIpc) is 2.73. The second-order valence-electron chi connectivity index (χ2n) is 4.20. The van der Waals surface area contributed by atoms with Crippen LogP contribution in [0.15, 0.2) is 41.2 Å². The number of aromatic amines is 1. The molecule has 0 saturated heterocycles. The van der Waals surface area contributed by atoms with E-state index in [-0.39, 0.29) is 5.56 Å². The minimum Gasteiger partial charge on any atom is -0.291 e. The van der Waals surface area contributed by atoms with Crippen LogP contribution in [-0.4, -0.2) is 19.6 Å². The lowest BCUT2D eigenvalue weighted by Gasteiger charge is -1.95. The van der Waals surface area contributed by atoms with Crippen molar-refractivity contribution in [3.63, 3.8) is 0 Å². The monoisotopic (exact) mass is 240 g/mol. The van der Waals surface area contributed by atoms with Crippen LogP contribution in [0.3, 0.4) is 0 Å². The molecule has 3 rings (SSSR count). The van der Waals surface area contributed by atoms with Crippen LogP contribution in [-0.2, 0) is 6.42 Å². The first kappa shape index (κ1) is 10.7. The van der Waals surface area contributed by atoms with Gasteiger partial charge in [0.2, 0.25) is 5.78 Å². The molecule has 5 nitrogen and oxygen atoms in total. The zero-order valence-corrected chi connectivity index (χ0v) is 9.92. The minimum atomic E-state index is -0.154. The summed E-state index contributed by atoms with van der Waals surface area (Å²) in [6.45, 7) is 1.84. The molecule has 1 N–H and O–H groups in total. The van der Waals surface area contributed by atoms with Crippen molar-refractivity contribution in [2.45, 2.75) is 13.3 Å². The van der Waals surface area contributed by atoms with Gasteiger partial charge in [0, 0.05) is 18.2 Å². The van der Waals surface area contributed by atoms with E-state index in [1.54, 1.807) is 4.52 Å². The number of hydrogen-bond donors (Lipinski definition) is 1. The summed E-state index contributed by atoms with van der Waals surface area (Å²) in [6.07, 6.45) is 0.657. The summed E-state index contributed by atoms with van der Waals surface area (Å²) < 4.78 is 1.65. The molecule has 0 bridgehead atoms. The third kappa shape index (κ3) is 1.90. The molecule has 0 aliphatic heterocycles. The molecule has 0 aliphatic rings. The van der Waals surface area contributed by atoms with E-state index in [4.69, 9.17) is 0 Å². The standard InChI is InChI=1S/C13H12N4O/c1-9-7-12(18)15-13-14-11(16-17(9)13)8-10-5-3-2-4-6-10/h2-7H,8H2,1H3,(H,14,15,16,18). The highest BCUT2D eigenvalue weighted by atomic mass is 16.1. The number of nitrogens with zero attached hydrogens (tertiary/aromatic N) is 3. The second-order valence-corrected chi connectivity index (χ2v) is 4.20. The van der Waals surface area contributed by atoms with Gasteiger partial charge in [-0.1, -0.05) is 30.3 Å². The van der Waals surface area contributed by atoms with E-state index in [1.807, 2.05) is 37.3 Å². The lowest BCUT2D eigenvalue weighted by Crippen LogP contribution is -2.09. The van der Waals surface area contributed by atoms with Crippen molar-refractivity contribution in [1.82, 2.24) is 19.6 Å². The Morgan fingerprint density at radius 1 is 1.28 bits per heavy atom. The summed E-state index contributed by atoms with van der Waals surface area (Å²) in [4.78, 5) is 18.3. The average molecular weight is 240 g/mol. The first-order chi connectivity index (χ1) is 8.72. The van der Waals surface area contributed by atoms with Crippen LogP contribution in [0.2, 0.25) is 0 Å². The van der Waals surface area contributed by atoms with Crippen molar-refractivity contribution in [2.24, 2.45) is 0 Å². The van der Waals surface area contributed by atoms with E-state index in [0.717, 1.165) is 11.3 Å². The zero-order valence-electron chi connectivity index (χ0n) is 9.92. The Morgan fingerprint density at radius 2 is 2.06 bits per heavy atom. The minimum absolute atomic E-state index is 0.154. The van der Waals surface area contributed by atoms with Crippen molar-refractivity contribution in [1.29, 1.82) is 0 Å². The van der Waals surface area contributed by atoms with E-state index in [1.165, 1.54) is 6.07 Å². The van der Waals surface area contributed by atoms with Gasteiger partial charge in [0.25, 0.3) is 5.56 Å². The van der Waals surface area contributed by atoms with Crippen molar-refractivity contribution in [3.05, 3.63) is 63.8 Å². The lowest BCUT2D eigenvalue weighted by atomic mass is 10.1. The highest BCUT2D eigenvalue weighted by Crippen LogP contribution is 2.06. The van der Waals surface area contributed by atoms with Gasteiger partial charge in [-0.05, 0) is 12.5 Å². The maximum Gasteiger partial charge on any atom is 0.252 e. The summed E-state index contributed by atoms with van der Waals surface area (Å²) in [7, 11) is 0. The van der Waals surface area contributed by atoms with Crippen LogP contribution < -0.4 is 5.56 Å². The topological polar surface area (TPSA) is 63.0 Å². The van der Waals surface area contributed by atoms with E-state index in [9.17, 15) is 4.79 Å². The molecule has 0 amide bonds. The summed E-state index contributed by atoms with van der Waals surface area (Å²) in [6, 6.07) is 11.5. The number of aromatic nitrogens is 4. The molecule has 0 saturated carbocycles. The van der Waals surface area contributed by atoms with Crippen LogP contribution >= 0.6 is 0 Å². The predicted molar refractivity (Wildman–Crippen MR) is 67.6 cm³/mol. The molecule has 3 aromatic rings. The quantitative estimate of drug-likeness (QED) is 0.734. The van der Waals surface area contributed by atoms with Gasteiger partial charge < -0.3 is 0 Å². The maximum atomic E-state index is 11.3. The summed E-state index contributed by atoms with van der Waals surface area (Å²) in [5.74, 6) is 1.19. The molecule has 18 heavy (non-hydrogen) atoms. The molecule has 2 aromatic heterocycles. The van der Waals surface area contributed by atoms with Crippen LogP contribution in [0.25, 0.3) is 5.78 Å². The van der Waals surface area contributed by atoms with Crippen LogP contribution in [0, 0.1) is 6.92 Å². The number of rotatable bonds is 2. The highest BCUT2D eigenvalue weighted by Gasteiger charge is 2.07. The number of aryl methyl sites for hydroxylation is 1. The number of nitrogens with one attached hydrogen (secondary N) is 1. The Balaban J connectivity index is 2.04. The first-order valence-electron chi connectivity index (χ1n) is 5.72. The molecule has 0 radical (unpaired) electrons. The molecule has 0 atom stereocenters. The van der Waals surface area contributed by atoms with Gasteiger partial charge in [0.05, 0.1) is 0 Å². The Bertz CT molecular complexity index is 743. The molecular formula is C13H12N4O. The third-order valence-electron chi connectivity index (χ3n) is 2.77. The van der Waals surface area contributed by atoms with Gasteiger partial charge in [-0.3, -0.25) is 9.78 Å². The molecule has 90 valence electrons. The summed E-state index contributed by atoms with van der Waals surface area (Å²) in [5.41, 5.74) is 1.77. The van der Waals surface area contributed by atoms with E-state index < -0.39 is 0 Å². The normalized spacial score (nSPS) is 10.9. The summed E-state index contributed by atoms with van der Waals surface area (Å²) >= 11 is 0. The van der Waals surface area contributed by atoms with Gasteiger partial charge in [-0.15, -0.1) is 5.10 Å². The fourth-order valence-corrected chi connectivity index (χ4v) is 1.93. The largest absolute Gasteiger partial charge is 0.291 e. The molecule has 0 unspecified atom stereocenters. The van der Waals surface area contributed by atoms with Crippen molar-refractivity contribution >= 4 is 5.78 Å². The molecule has 2 heterocycles. The molecule has 5 heteroatoms. The van der Waals surface area contributed by atoms with Crippen LogP contribution in [0.1, 0.15) is 17.1 Å². The maximum absolute atomic E-state index is 11.3. The molecule has 1 aromatic carbocycles. The fourth-order valence-electron chi connectivity index (χ4n) is 1.93. The number of hydrogen-bond acceptors (Lipinski definition) is 3. The zero-order chi connectivity index (χ0) is 12.5. The number of fused-ring (bicyclic) bond motifs is 1. The lowest BCUT2D eigenvalue weighted by molar-refractivity contribution is 0.855. The molecule has 0 fully saturated rings. The van der Waals surface area contributed by atoms with Crippen molar-refractivity contribution in [3.8, 4) is 0 Å². The highest BCUT2D eigenvalue weighted by molar-refractivity contribution is 5.29. The fraction of sp³-hybridized carbons (Fsp3) is 0.154. The Morgan fingerprint density at radius 3 is 2.83 bits per heavy atom. The smallest absolute Gasteiger partial charge is 0.252 e. The Kier molecular flexibility index (Phi) is 2.44. The molecular weight excluding hydrogens is 228 g/mol. The van der Waals surface area contributed by atoms with Crippen molar-refractivity contribution < 1.29 is 0 Å². The molecule has 0 aliphatic carbocycles. The van der Waals surface area contributed by atoms with Gasteiger partial charge in [-0.2, -0.15) is 4.98 Å². The Labute approximate surface area is 103 Å². The Hall–Kier alpha value is -2.43. The second kappa shape index (κ2) is 4.10. The predicted octanol–water partition coefficient (Wildman–Crippen LogP) is 1.32. The van der Waals surface area contributed by atoms with Gasteiger partial charge >= 0.3 is 0 Å². The van der Waals surface area contributed by atoms with Gasteiger partial charge in [0.1, 0.15) is 0 Å². The van der Waals surface area contributed by atoms with Crippen LogP contribution in [0.5, 0.6) is 0 Å². The number of benzene rings is 1. The summed E-state index contributed by atoms with van der Waals surface area (Å²) in [5, 5.41) is 4.38. The third-order valence-corrected chi connectivity index (χ3v) is 2.77. The van der Waals surface area contributed by atoms with Crippen molar-refractivity contribution in [2.75, 3.05) is 0 Å². The van der Waals surface area contributed by atoms with Gasteiger partial charge in [0.15, 0.2) is 5.82 Å². The SMILES string of the molecule is Cc1cc(=O)[nH]c2nc(Cc3ccccc3)nn12. The van der Waals surface area contributed by atoms with E-state index in [0.29, 0.717) is 18.0 Å². The van der Waals surface area contributed by atoms with E-state index in [2.05, 4.69) is 15.1 Å². The van der Waals surface area contributed by atoms with E-state index >= 15 is 0 Å². The van der Waals surface area contributed by atoms with Gasteiger partial charge in [-0.25, -0.2) is 4.52 Å². The first-order valence-corrected chi connectivity index (χ1v) is 5.72.